The van der Waals surface area contributed by atoms with Crippen LogP contribution in [0.15, 0.2) is 60.2 Å². The molecule has 24 heavy (non-hydrogen) atoms. The Hall–Kier alpha value is -2.30. The minimum absolute atomic E-state index is 0.151. The van der Waals surface area contributed by atoms with Crippen LogP contribution in [0.3, 0.4) is 0 Å². The maximum Gasteiger partial charge on any atom is 0.277 e. The summed E-state index contributed by atoms with van der Waals surface area (Å²) in [5, 5.41) is 4.75. The zero-order chi connectivity index (χ0) is 17.4. The molecule has 0 aliphatic carbocycles. The van der Waals surface area contributed by atoms with Crippen LogP contribution < -0.4 is 10.2 Å². The van der Waals surface area contributed by atoms with E-state index in [-0.39, 0.29) is 12.5 Å². The van der Waals surface area contributed by atoms with Gasteiger partial charge >= 0.3 is 0 Å². The molecule has 0 heterocycles. The Balaban J connectivity index is 1.90. The molecule has 0 saturated heterocycles. The maximum atomic E-state index is 11.8. The molecule has 0 unspecified atom stereocenters. The number of hydrazone groups is 1. The molecule has 0 spiro atoms. The zero-order valence-corrected chi connectivity index (χ0v) is 14.3. The normalized spacial score (nSPS) is 10.6. The van der Waals surface area contributed by atoms with Crippen LogP contribution in [0.4, 0.5) is 0 Å². The molecule has 0 atom stereocenters. The molecule has 124 valence electrons. The van der Waals surface area contributed by atoms with E-state index >= 15 is 0 Å². The summed E-state index contributed by atoms with van der Waals surface area (Å²) in [5.74, 6) is 0.258. The van der Waals surface area contributed by atoms with Crippen molar-refractivity contribution >= 4 is 35.3 Å². The fourth-order valence-corrected chi connectivity index (χ4v) is 2.44. The quantitative estimate of drug-likeness (QED) is 0.454. The lowest BCUT2D eigenvalue weighted by molar-refractivity contribution is -0.123. The van der Waals surface area contributed by atoms with Gasteiger partial charge in [-0.1, -0.05) is 53.5 Å². The van der Waals surface area contributed by atoms with Crippen LogP contribution in [0.1, 0.15) is 11.1 Å². The Morgan fingerprint density at radius 1 is 1.17 bits per heavy atom. The van der Waals surface area contributed by atoms with Gasteiger partial charge in [-0.15, -0.1) is 6.58 Å². The number of allylic oxidation sites excluding steroid dienone is 1. The lowest BCUT2D eigenvalue weighted by Gasteiger charge is -2.09. The van der Waals surface area contributed by atoms with Gasteiger partial charge in [-0.25, -0.2) is 5.43 Å². The number of nitrogens with one attached hydrogen (secondary N) is 1. The molecule has 0 aromatic heterocycles. The van der Waals surface area contributed by atoms with E-state index in [9.17, 15) is 4.79 Å². The standard InChI is InChI=1S/C18H16Cl2N2O2/c1-2-6-13-7-3-4-10-17(13)24-12-18(23)22-21-11-14-15(19)8-5-9-16(14)20/h2-5,7-11H,1,6,12H2,(H,22,23)/b21-11+. The van der Waals surface area contributed by atoms with Crippen LogP contribution in [0.5, 0.6) is 5.75 Å². The number of benzene rings is 2. The summed E-state index contributed by atoms with van der Waals surface area (Å²) in [7, 11) is 0. The van der Waals surface area contributed by atoms with Gasteiger partial charge in [-0.3, -0.25) is 4.79 Å². The third-order valence-electron chi connectivity index (χ3n) is 3.08. The molecule has 2 rings (SSSR count). The van der Waals surface area contributed by atoms with E-state index < -0.39 is 0 Å². The average Bonchev–Trinajstić information content (AvgIpc) is 2.57. The Kier molecular flexibility index (Phi) is 6.85. The summed E-state index contributed by atoms with van der Waals surface area (Å²) in [5.41, 5.74) is 3.88. The first-order valence-corrected chi connectivity index (χ1v) is 7.95. The van der Waals surface area contributed by atoms with Crippen molar-refractivity contribution in [2.45, 2.75) is 6.42 Å². The molecule has 4 nitrogen and oxygen atoms in total. The first-order valence-electron chi connectivity index (χ1n) is 7.19. The summed E-state index contributed by atoms with van der Waals surface area (Å²) in [6.45, 7) is 3.55. The highest BCUT2D eigenvalue weighted by Gasteiger charge is 2.06. The topological polar surface area (TPSA) is 50.7 Å². The number of carbonyl (C=O) groups excluding carboxylic acids is 1. The van der Waals surface area contributed by atoms with Gasteiger partial charge < -0.3 is 4.74 Å². The summed E-state index contributed by atoms with van der Waals surface area (Å²) < 4.78 is 5.52. The second-order valence-electron chi connectivity index (χ2n) is 4.82. The monoisotopic (exact) mass is 362 g/mol. The van der Waals surface area contributed by atoms with Crippen LogP contribution in [-0.4, -0.2) is 18.7 Å². The number of nitrogens with zero attached hydrogens (tertiary/aromatic N) is 1. The largest absolute Gasteiger partial charge is 0.483 e. The minimum Gasteiger partial charge on any atom is -0.483 e. The van der Waals surface area contributed by atoms with Crippen LogP contribution in [0, 0.1) is 0 Å². The van der Waals surface area contributed by atoms with E-state index in [2.05, 4.69) is 17.1 Å². The van der Waals surface area contributed by atoms with Crippen LogP contribution in [0.25, 0.3) is 0 Å². The highest BCUT2D eigenvalue weighted by Crippen LogP contribution is 2.22. The molecule has 2 aromatic carbocycles. The molecule has 0 fully saturated rings. The van der Waals surface area contributed by atoms with Gasteiger partial charge in [0.2, 0.25) is 0 Å². The molecule has 1 N–H and O–H groups in total. The molecule has 6 heteroatoms. The second kappa shape index (κ2) is 9.11. The van der Waals surface area contributed by atoms with E-state index in [1.165, 1.54) is 6.21 Å². The van der Waals surface area contributed by atoms with Gasteiger partial charge in [0.15, 0.2) is 6.61 Å². The molecule has 0 radical (unpaired) electrons. The molecule has 0 bridgehead atoms. The fourth-order valence-electron chi connectivity index (χ4n) is 1.95. The first kappa shape index (κ1) is 18.0. The SMILES string of the molecule is C=CCc1ccccc1OCC(=O)N/N=C/c1c(Cl)cccc1Cl. The third kappa shape index (κ3) is 5.11. The number of hydrogen-bond donors (Lipinski definition) is 1. The average molecular weight is 363 g/mol. The Labute approximate surface area is 150 Å². The number of para-hydroxylation sites is 1. The van der Waals surface area contributed by atoms with Gasteiger partial charge in [0.25, 0.3) is 5.91 Å². The Bertz CT molecular complexity index is 740. The first-order chi connectivity index (χ1) is 11.6. The lowest BCUT2D eigenvalue weighted by atomic mass is 10.1. The number of hydrogen-bond acceptors (Lipinski definition) is 3. The van der Waals surface area contributed by atoms with Crippen molar-refractivity contribution in [2.24, 2.45) is 5.10 Å². The van der Waals surface area contributed by atoms with Crippen LogP contribution in [0.2, 0.25) is 10.0 Å². The number of rotatable bonds is 7. The van der Waals surface area contributed by atoms with Crippen LogP contribution >= 0.6 is 23.2 Å². The van der Waals surface area contributed by atoms with Crippen molar-refractivity contribution in [1.29, 1.82) is 0 Å². The third-order valence-corrected chi connectivity index (χ3v) is 3.74. The highest BCUT2D eigenvalue weighted by molar-refractivity contribution is 6.38. The van der Waals surface area contributed by atoms with E-state index in [4.69, 9.17) is 27.9 Å². The Morgan fingerprint density at radius 2 is 1.88 bits per heavy atom. The fraction of sp³-hybridized carbons (Fsp3) is 0.111. The molecule has 0 aliphatic heterocycles. The van der Waals surface area contributed by atoms with Gasteiger partial charge in [-0.2, -0.15) is 5.10 Å². The number of amides is 1. The molecule has 1 amide bonds. The van der Waals surface area contributed by atoms with Crippen LogP contribution in [-0.2, 0) is 11.2 Å². The maximum absolute atomic E-state index is 11.8. The number of ether oxygens (including phenoxy) is 1. The molecule has 2 aromatic rings. The summed E-state index contributed by atoms with van der Waals surface area (Å²) in [4.78, 5) is 11.8. The predicted molar refractivity (Wildman–Crippen MR) is 98.0 cm³/mol. The van der Waals surface area contributed by atoms with Crippen molar-refractivity contribution in [3.63, 3.8) is 0 Å². The predicted octanol–water partition coefficient (Wildman–Crippen LogP) is 4.25. The molecular weight excluding hydrogens is 347 g/mol. The molecular formula is C18H16Cl2N2O2. The van der Waals surface area contributed by atoms with Crippen molar-refractivity contribution in [3.8, 4) is 5.75 Å². The van der Waals surface area contributed by atoms with Crippen molar-refractivity contribution in [1.82, 2.24) is 5.43 Å². The smallest absolute Gasteiger partial charge is 0.277 e. The van der Waals surface area contributed by atoms with Crippen molar-refractivity contribution in [2.75, 3.05) is 6.61 Å². The zero-order valence-electron chi connectivity index (χ0n) is 12.8. The van der Waals surface area contributed by atoms with E-state index in [0.717, 1.165) is 5.56 Å². The van der Waals surface area contributed by atoms with E-state index in [1.54, 1.807) is 30.3 Å². The number of carbonyl (C=O) groups is 1. The highest BCUT2D eigenvalue weighted by atomic mass is 35.5. The van der Waals surface area contributed by atoms with Gasteiger partial charge in [0, 0.05) is 5.56 Å². The van der Waals surface area contributed by atoms with Gasteiger partial charge in [0.1, 0.15) is 5.75 Å². The molecule has 0 saturated carbocycles. The van der Waals surface area contributed by atoms with Crippen molar-refractivity contribution in [3.05, 3.63) is 76.3 Å². The summed E-state index contributed by atoms with van der Waals surface area (Å²) in [6.07, 6.45) is 3.84. The minimum atomic E-state index is -0.386. The van der Waals surface area contributed by atoms with Crippen molar-refractivity contribution < 1.29 is 9.53 Å². The lowest BCUT2D eigenvalue weighted by Crippen LogP contribution is -2.24. The molecule has 0 aliphatic rings. The van der Waals surface area contributed by atoms with Gasteiger partial charge in [0.05, 0.1) is 16.3 Å². The summed E-state index contributed by atoms with van der Waals surface area (Å²) >= 11 is 12.0. The van der Waals surface area contributed by atoms with E-state index in [0.29, 0.717) is 27.8 Å². The number of halogens is 2. The Morgan fingerprint density at radius 3 is 2.58 bits per heavy atom. The van der Waals surface area contributed by atoms with Gasteiger partial charge in [-0.05, 0) is 30.2 Å². The second-order valence-corrected chi connectivity index (χ2v) is 5.63. The van der Waals surface area contributed by atoms with E-state index in [1.807, 2.05) is 18.2 Å². The summed E-state index contributed by atoms with van der Waals surface area (Å²) in [6, 6.07) is 12.6.